The summed E-state index contributed by atoms with van der Waals surface area (Å²) in [6, 6.07) is 5.93. The quantitative estimate of drug-likeness (QED) is 0.568. The van der Waals surface area contributed by atoms with Crippen molar-refractivity contribution in [2.24, 2.45) is 0 Å². The third kappa shape index (κ3) is 6.77. The third-order valence-corrected chi connectivity index (χ3v) is 3.79. The molecule has 0 aliphatic carbocycles. The lowest BCUT2D eigenvalue weighted by Crippen LogP contribution is -2.33. The highest BCUT2D eigenvalue weighted by Crippen LogP contribution is 2.22. The summed E-state index contributed by atoms with van der Waals surface area (Å²) in [5.41, 5.74) is -0.0629. The van der Waals surface area contributed by atoms with Gasteiger partial charge in [0.1, 0.15) is 22.7 Å². The van der Waals surface area contributed by atoms with Gasteiger partial charge in [0.05, 0.1) is 0 Å². The number of hydrogen-bond donors (Lipinski definition) is 2. The maximum absolute atomic E-state index is 12.1. The molecule has 146 valence electrons. The van der Waals surface area contributed by atoms with Crippen LogP contribution in [-0.4, -0.2) is 29.1 Å². The Labute approximate surface area is 157 Å². The number of amides is 1. The minimum atomic E-state index is -0.554. The van der Waals surface area contributed by atoms with Crippen molar-refractivity contribution in [1.82, 2.24) is 5.32 Å². The molecule has 1 heterocycles. The molecule has 0 radical (unpaired) electrons. The molecule has 0 saturated carbocycles. The van der Waals surface area contributed by atoms with Gasteiger partial charge in [0.15, 0.2) is 0 Å². The number of nitrogens with one attached hydrogen (secondary N) is 1. The van der Waals surface area contributed by atoms with Gasteiger partial charge in [-0.2, -0.15) is 0 Å². The molecular weight excluding hydrogens is 350 g/mol. The average molecular weight is 375 g/mol. The minimum absolute atomic E-state index is 0.0105. The van der Waals surface area contributed by atoms with Crippen LogP contribution in [0.3, 0.4) is 0 Å². The molecule has 0 aliphatic heterocycles. The van der Waals surface area contributed by atoms with E-state index in [1.807, 2.05) is 0 Å². The van der Waals surface area contributed by atoms with Crippen molar-refractivity contribution in [3.05, 3.63) is 40.2 Å². The van der Waals surface area contributed by atoms with Crippen LogP contribution < -0.4 is 10.9 Å². The fourth-order valence-corrected chi connectivity index (χ4v) is 2.61. The molecule has 2 N–H and O–H groups in total. The van der Waals surface area contributed by atoms with Crippen molar-refractivity contribution in [1.29, 1.82) is 0 Å². The lowest BCUT2D eigenvalue weighted by atomic mass is 10.0. The van der Waals surface area contributed by atoms with Crippen LogP contribution in [0.4, 0.5) is 4.79 Å². The highest BCUT2D eigenvalue weighted by Gasteiger charge is 2.15. The van der Waals surface area contributed by atoms with Gasteiger partial charge < -0.3 is 19.6 Å². The van der Waals surface area contributed by atoms with Crippen molar-refractivity contribution >= 4 is 22.8 Å². The number of ketones is 1. The number of phenols is 1. The fourth-order valence-electron chi connectivity index (χ4n) is 2.61. The summed E-state index contributed by atoms with van der Waals surface area (Å²) in [4.78, 5) is 35.2. The lowest BCUT2D eigenvalue weighted by molar-refractivity contribution is -0.119. The van der Waals surface area contributed by atoms with Gasteiger partial charge >= 0.3 is 11.7 Å². The number of carbonyl (C=O) groups excluding carboxylic acids is 2. The summed E-state index contributed by atoms with van der Waals surface area (Å²) in [7, 11) is 0. The van der Waals surface area contributed by atoms with Gasteiger partial charge in [0.2, 0.25) is 0 Å². The lowest BCUT2D eigenvalue weighted by Gasteiger charge is -2.19. The zero-order valence-electron chi connectivity index (χ0n) is 15.8. The number of phenolic OH excluding ortho intramolecular Hbond substituents is 1. The Hall–Kier alpha value is -2.83. The van der Waals surface area contributed by atoms with Gasteiger partial charge in [0, 0.05) is 36.9 Å². The molecule has 2 aromatic rings. The zero-order chi connectivity index (χ0) is 20.0. The number of aromatic hydroxyl groups is 1. The second-order valence-corrected chi connectivity index (χ2v) is 7.34. The molecule has 0 bridgehead atoms. The van der Waals surface area contributed by atoms with E-state index in [-0.39, 0.29) is 18.0 Å². The molecule has 0 spiro atoms. The second kappa shape index (κ2) is 8.70. The van der Waals surface area contributed by atoms with Gasteiger partial charge in [-0.15, -0.1) is 0 Å². The molecule has 0 saturated heterocycles. The number of rotatable bonds is 7. The van der Waals surface area contributed by atoms with Gasteiger partial charge in [-0.1, -0.05) is 0 Å². The molecule has 1 aromatic heterocycles. The number of Topliss-reactive ketones (excluding diaryl/α,β-unsaturated/α-hetero) is 1. The summed E-state index contributed by atoms with van der Waals surface area (Å²) in [6.45, 7) is 5.71. The van der Waals surface area contributed by atoms with Crippen molar-refractivity contribution in [2.45, 2.75) is 52.1 Å². The monoisotopic (exact) mass is 375 g/mol. The fraction of sp³-hybridized carbons (Fsp3) is 0.450. The standard InChI is InChI=1S/C20H25NO6/c1-20(2,3)27-19(25)21-10-4-5-14(22)7-6-13-11-18(24)26-17-12-15(23)8-9-16(13)17/h8-9,11-12,23H,4-7,10H2,1-3H3,(H,21,25). The SMILES string of the molecule is CC(C)(C)OC(=O)NCCCC(=O)CCc1cc(=O)oc2cc(O)ccc12. The Morgan fingerprint density at radius 1 is 1.19 bits per heavy atom. The number of benzene rings is 1. The van der Waals surface area contributed by atoms with Crippen molar-refractivity contribution in [2.75, 3.05) is 6.54 Å². The Kier molecular flexibility index (Phi) is 6.60. The Morgan fingerprint density at radius 2 is 1.93 bits per heavy atom. The van der Waals surface area contributed by atoms with Crippen LogP contribution in [0.1, 0.15) is 45.6 Å². The van der Waals surface area contributed by atoms with Crippen LogP contribution >= 0.6 is 0 Å². The number of carbonyl (C=O) groups is 2. The summed E-state index contributed by atoms with van der Waals surface area (Å²) in [6.07, 6.45) is 1.04. The van der Waals surface area contributed by atoms with Crippen LogP contribution in [0.5, 0.6) is 5.75 Å². The van der Waals surface area contributed by atoms with Crippen LogP contribution in [0.15, 0.2) is 33.5 Å². The largest absolute Gasteiger partial charge is 0.508 e. The maximum Gasteiger partial charge on any atom is 0.407 e. The predicted octanol–water partition coefficient (Wildman–Crippen LogP) is 3.31. The number of alkyl carbamates (subject to hydrolysis) is 1. The summed E-state index contributed by atoms with van der Waals surface area (Å²) in [5, 5.41) is 12.8. The highest BCUT2D eigenvalue weighted by atomic mass is 16.6. The number of ether oxygens (including phenoxy) is 1. The number of hydrogen-bond acceptors (Lipinski definition) is 6. The Bertz CT molecular complexity index is 878. The van der Waals surface area contributed by atoms with E-state index in [1.54, 1.807) is 26.8 Å². The van der Waals surface area contributed by atoms with Gasteiger partial charge in [-0.3, -0.25) is 4.79 Å². The molecule has 2 rings (SSSR count). The van der Waals surface area contributed by atoms with Crippen molar-refractivity contribution in [3.63, 3.8) is 0 Å². The van der Waals surface area contributed by atoms with Crippen LogP contribution in [0, 0.1) is 0 Å². The maximum atomic E-state index is 12.1. The molecule has 7 heteroatoms. The summed E-state index contributed by atoms with van der Waals surface area (Å²) in [5.74, 6) is 0.0533. The predicted molar refractivity (Wildman–Crippen MR) is 101 cm³/mol. The first kappa shape index (κ1) is 20.5. The molecular formula is C20H25NO6. The van der Waals surface area contributed by atoms with Crippen LogP contribution in [-0.2, 0) is 16.0 Å². The first-order valence-electron chi connectivity index (χ1n) is 8.88. The van der Waals surface area contributed by atoms with Gasteiger partial charge in [-0.05, 0) is 51.3 Å². The Balaban J connectivity index is 1.82. The highest BCUT2D eigenvalue weighted by molar-refractivity contribution is 5.83. The zero-order valence-corrected chi connectivity index (χ0v) is 15.8. The van der Waals surface area contributed by atoms with Gasteiger partial charge in [0.25, 0.3) is 0 Å². The van der Waals surface area contributed by atoms with E-state index in [2.05, 4.69) is 5.32 Å². The third-order valence-electron chi connectivity index (χ3n) is 3.79. The summed E-state index contributed by atoms with van der Waals surface area (Å²) < 4.78 is 10.2. The van der Waals surface area contributed by atoms with Crippen LogP contribution in [0.2, 0.25) is 0 Å². The molecule has 27 heavy (non-hydrogen) atoms. The Morgan fingerprint density at radius 3 is 2.63 bits per heavy atom. The number of fused-ring (bicyclic) bond motifs is 1. The van der Waals surface area contributed by atoms with E-state index >= 15 is 0 Å². The first-order chi connectivity index (χ1) is 12.6. The van der Waals surface area contributed by atoms with Gasteiger partial charge in [-0.25, -0.2) is 9.59 Å². The normalized spacial score (nSPS) is 11.4. The topological polar surface area (TPSA) is 106 Å². The van der Waals surface area contributed by atoms with E-state index in [4.69, 9.17) is 9.15 Å². The van der Waals surface area contributed by atoms with E-state index in [9.17, 15) is 19.5 Å². The molecule has 0 fully saturated rings. The first-order valence-corrected chi connectivity index (χ1v) is 8.88. The van der Waals surface area contributed by atoms with E-state index in [1.165, 1.54) is 18.2 Å². The molecule has 0 aliphatic rings. The van der Waals surface area contributed by atoms with E-state index in [0.717, 1.165) is 0 Å². The molecule has 0 unspecified atom stereocenters. The smallest absolute Gasteiger partial charge is 0.407 e. The number of aryl methyl sites for hydroxylation is 1. The molecule has 1 aromatic carbocycles. The van der Waals surface area contributed by atoms with Crippen LogP contribution in [0.25, 0.3) is 11.0 Å². The minimum Gasteiger partial charge on any atom is -0.508 e. The molecule has 0 atom stereocenters. The summed E-state index contributed by atoms with van der Waals surface area (Å²) >= 11 is 0. The van der Waals surface area contributed by atoms with Crippen molar-refractivity contribution in [3.8, 4) is 5.75 Å². The molecule has 7 nitrogen and oxygen atoms in total. The van der Waals surface area contributed by atoms with Crippen molar-refractivity contribution < 1.29 is 23.8 Å². The van der Waals surface area contributed by atoms with E-state index < -0.39 is 17.3 Å². The average Bonchev–Trinajstić information content (AvgIpc) is 2.54. The second-order valence-electron chi connectivity index (χ2n) is 7.34. The molecule has 1 amide bonds. The van der Waals surface area contributed by atoms with E-state index in [0.29, 0.717) is 42.3 Å².